The molecule has 0 radical (unpaired) electrons. The van der Waals surface area contributed by atoms with Gasteiger partial charge in [-0.25, -0.2) is 8.42 Å². The number of rotatable bonds is 15. The molecule has 0 saturated carbocycles. The summed E-state index contributed by atoms with van der Waals surface area (Å²) < 4.78 is 25.3. The predicted octanol–water partition coefficient (Wildman–Crippen LogP) is 5.79. The van der Waals surface area contributed by atoms with E-state index >= 15 is 0 Å². The monoisotopic (exact) mass is 500 g/mol. The van der Waals surface area contributed by atoms with E-state index in [2.05, 4.69) is 32.6 Å². The average Bonchev–Trinajstić information content (AvgIpc) is 2.89. The minimum absolute atomic E-state index is 0.184. The van der Waals surface area contributed by atoms with E-state index in [1.807, 2.05) is 12.1 Å². The maximum Gasteiger partial charge on any atom is 0.178 e. The fourth-order valence-corrected chi connectivity index (χ4v) is 5.62. The highest BCUT2D eigenvalue weighted by Crippen LogP contribution is 2.24. The summed E-state index contributed by atoms with van der Waals surface area (Å²) in [7, 11) is -3.27. The van der Waals surface area contributed by atoms with Crippen molar-refractivity contribution < 1.29 is 13.5 Å². The molecule has 8 heteroatoms. The highest BCUT2D eigenvalue weighted by atomic mass is 32.2. The van der Waals surface area contributed by atoms with Gasteiger partial charge in [-0.15, -0.1) is 0 Å². The lowest BCUT2D eigenvalue weighted by Crippen LogP contribution is -2.43. The molecule has 0 aromatic heterocycles. The predicted molar refractivity (Wildman–Crippen MR) is 143 cm³/mol. The lowest BCUT2D eigenvalue weighted by molar-refractivity contribution is 0.282. The second-order valence-corrected chi connectivity index (χ2v) is 11.3. The number of benzene rings is 2. The number of unbranched alkanes of at least 4 members (excludes halogenated alkanes) is 8. The van der Waals surface area contributed by atoms with E-state index in [1.54, 1.807) is 24.3 Å². The summed E-state index contributed by atoms with van der Waals surface area (Å²) in [5.74, 6) is 0.184. The van der Waals surface area contributed by atoms with Crippen LogP contribution in [0, 0.1) is 0 Å². The van der Waals surface area contributed by atoms with Crippen LogP contribution in [0.4, 0.5) is 17.1 Å². The minimum atomic E-state index is -3.27. The number of anilines is 1. The fraction of sp³-hybridized carbons (Fsp3) is 0.556. The summed E-state index contributed by atoms with van der Waals surface area (Å²) in [6.45, 7) is 4.29. The Morgan fingerprint density at radius 1 is 0.714 bits per heavy atom. The van der Waals surface area contributed by atoms with Crippen molar-refractivity contribution in [1.82, 2.24) is 5.32 Å². The summed E-state index contributed by atoms with van der Waals surface area (Å²) >= 11 is 0. The molecule has 35 heavy (non-hydrogen) atoms. The van der Waals surface area contributed by atoms with Crippen molar-refractivity contribution in [3.8, 4) is 0 Å². The van der Waals surface area contributed by atoms with Crippen molar-refractivity contribution in [1.29, 1.82) is 0 Å². The first-order chi connectivity index (χ1) is 17.1. The van der Waals surface area contributed by atoms with Gasteiger partial charge in [-0.2, -0.15) is 10.2 Å². The highest BCUT2D eigenvalue weighted by Gasteiger charge is 2.14. The Hall–Kier alpha value is -2.29. The number of azo groups is 1. The number of hydrogen-bond donors (Lipinski definition) is 2. The number of nitrogens with one attached hydrogen (secondary N) is 1. The highest BCUT2D eigenvalue weighted by molar-refractivity contribution is 7.91. The van der Waals surface area contributed by atoms with Gasteiger partial charge < -0.3 is 15.3 Å². The normalized spacial score (nSPS) is 14.6. The van der Waals surface area contributed by atoms with Gasteiger partial charge in [0.25, 0.3) is 0 Å². The topological polar surface area (TPSA) is 94.4 Å². The zero-order valence-corrected chi connectivity index (χ0v) is 21.6. The van der Waals surface area contributed by atoms with Gasteiger partial charge in [-0.05, 0) is 61.4 Å². The molecule has 2 N–H and O–H groups in total. The van der Waals surface area contributed by atoms with Crippen molar-refractivity contribution in [3.05, 3.63) is 48.5 Å². The molecule has 1 saturated heterocycles. The van der Waals surface area contributed by atoms with E-state index in [0.29, 0.717) is 17.0 Å². The molecule has 1 aliphatic rings. The lowest BCUT2D eigenvalue weighted by Gasteiger charge is -2.29. The summed E-state index contributed by atoms with van der Waals surface area (Å²) in [4.78, 5) is 2.69. The third kappa shape index (κ3) is 9.70. The molecular weight excluding hydrogens is 460 g/mol. The second-order valence-electron chi connectivity index (χ2n) is 9.17. The molecule has 1 heterocycles. The van der Waals surface area contributed by atoms with Crippen LogP contribution >= 0.6 is 0 Å². The van der Waals surface area contributed by atoms with Gasteiger partial charge in [0.05, 0.1) is 22.0 Å². The number of hydrogen-bond acceptors (Lipinski definition) is 7. The van der Waals surface area contributed by atoms with Crippen LogP contribution in [0.25, 0.3) is 0 Å². The molecule has 0 unspecified atom stereocenters. The van der Waals surface area contributed by atoms with E-state index in [4.69, 9.17) is 5.11 Å². The molecule has 7 nitrogen and oxygen atoms in total. The fourth-order valence-electron chi connectivity index (χ4n) is 4.25. The Bertz CT molecular complexity index is 986. The van der Waals surface area contributed by atoms with Gasteiger partial charge in [0, 0.05) is 38.5 Å². The molecule has 1 fully saturated rings. The van der Waals surface area contributed by atoms with Crippen molar-refractivity contribution >= 4 is 26.9 Å². The van der Waals surface area contributed by atoms with Crippen molar-refractivity contribution in [2.24, 2.45) is 10.2 Å². The number of nitrogens with zero attached hydrogens (tertiary/aromatic N) is 3. The Labute approximate surface area is 210 Å². The van der Waals surface area contributed by atoms with Crippen molar-refractivity contribution in [3.63, 3.8) is 0 Å². The molecule has 2 aromatic carbocycles. The van der Waals surface area contributed by atoms with E-state index in [0.717, 1.165) is 64.0 Å². The molecule has 192 valence electrons. The molecule has 0 aliphatic carbocycles. The number of aliphatic hydroxyl groups excluding tert-OH is 1. The van der Waals surface area contributed by atoms with Crippen LogP contribution in [0.2, 0.25) is 0 Å². The van der Waals surface area contributed by atoms with Crippen LogP contribution < -0.4 is 10.2 Å². The maximum atomic E-state index is 12.6. The van der Waals surface area contributed by atoms with Crippen molar-refractivity contribution in [2.45, 2.75) is 62.7 Å². The van der Waals surface area contributed by atoms with Crippen LogP contribution in [0.5, 0.6) is 0 Å². The largest absolute Gasteiger partial charge is 0.396 e. The first kappa shape index (κ1) is 27.3. The molecule has 3 rings (SSSR count). The first-order valence-corrected chi connectivity index (χ1v) is 14.6. The average molecular weight is 501 g/mol. The van der Waals surface area contributed by atoms with Gasteiger partial charge >= 0.3 is 0 Å². The number of aliphatic hydroxyl groups is 1. The summed E-state index contributed by atoms with van der Waals surface area (Å²) in [6.07, 6.45) is 9.41. The molecule has 0 spiro atoms. The van der Waals surface area contributed by atoms with Crippen LogP contribution in [0.1, 0.15) is 57.8 Å². The maximum absolute atomic E-state index is 12.6. The van der Waals surface area contributed by atoms with E-state index in [9.17, 15) is 8.42 Å². The van der Waals surface area contributed by atoms with Crippen molar-refractivity contribution in [2.75, 3.05) is 43.4 Å². The van der Waals surface area contributed by atoms with E-state index in [1.165, 1.54) is 24.9 Å². The smallest absolute Gasteiger partial charge is 0.178 e. The Morgan fingerprint density at radius 2 is 1.20 bits per heavy atom. The van der Waals surface area contributed by atoms with Gasteiger partial charge in [0.1, 0.15) is 0 Å². The summed E-state index contributed by atoms with van der Waals surface area (Å²) in [6, 6.07) is 14.7. The Kier molecular flexibility index (Phi) is 11.7. The number of piperazine rings is 1. The SMILES string of the molecule is O=S(=O)(CCCCCCCCCCCO)c1ccc(N=Nc2ccc(N3CCNCC3)cc2)cc1. The van der Waals surface area contributed by atoms with Crippen LogP contribution in [0.3, 0.4) is 0 Å². The standard InChI is InChI=1S/C27H40N4O3S/c32-22-8-6-4-2-1-3-5-7-9-23-35(33,34)27-16-12-25(13-17-27)30-29-24-10-14-26(15-11-24)31-20-18-28-19-21-31/h10-17,28,32H,1-9,18-23H2. The molecule has 0 amide bonds. The van der Waals surface area contributed by atoms with E-state index in [-0.39, 0.29) is 12.4 Å². The second kappa shape index (κ2) is 15.0. The summed E-state index contributed by atoms with van der Waals surface area (Å²) in [5, 5.41) is 20.7. The zero-order valence-electron chi connectivity index (χ0n) is 20.7. The molecule has 0 atom stereocenters. The van der Waals surface area contributed by atoms with Gasteiger partial charge in [-0.1, -0.05) is 44.9 Å². The van der Waals surface area contributed by atoms with Crippen LogP contribution in [-0.4, -0.2) is 52.1 Å². The Morgan fingerprint density at radius 3 is 1.74 bits per heavy atom. The Balaban J connectivity index is 1.39. The minimum Gasteiger partial charge on any atom is -0.396 e. The van der Waals surface area contributed by atoms with Crippen LogP contribution in [0.15, 0.2) is 63.7 Å². The quantitative estimate of drug-likeness (QED) is 0.238. The first-order valence-electron chi connectivity index (χ1n) is 13.0. The molecule has 0 bridgehead atoms. The van der Waals surface area contributed by atoms with E-state index < -0.39 is 9.84 Å². The molecular formula is C27H40N4O3S. The zero-order chi connectivity index (χ0) is 24.8. The molecule has 1 aliphatic heterocycles. The third-order valence-electron chi connectivity index (χ3n) is 6.38. The van der Waals surface area contributed by atoms with Crippen LogP contribution in [-0.2, 0) is 9.84 Å². The number of sulfone groups is 1. The lowest BCUT2D eigenvalue weighted by atomic mass is 10.1. The van der Waals surface area contributed by atoms with Gasteiger partial charge in [0.2, 0.25) is 0 Å². The van der Waals surface area contributed by atoms with Gasteiger partial charge in [-0.3, -0.25) is 0 Å². The third-order valence-corrected chi connectivity index (χ3v) is 8.20. The molecule has 2 aromatic rings. The summed E-state index contributed by atoms with van der Waals surface area (Å²) in [5.41, 5.74) is 2.59. The van der Waals surface area contributed by atoms with Gasteiger partial charge in [0.15, 0.2) is 9.84 Å².